The van der Waals surface area contributed by atoms with Crippen molar-refractivity contribution in [2.75, 3.05) is 19.6 Å². The molecular weight excluding hydrogens is 256 g/mol. The molecule has 0 aromatic carbocycles. The lowest BCUT2D eigenvalue weighted by Gasteiger charge is -2.18. The van der Waals surface area contributed by atoms with Gasteiger partial charge in [0.2, 0.25) is 0 Å². The van der Waals surface area contributed by atoms with E-state index in [2.05, 4.69) is 36.3 Å². The van der Waals surface area contributed by atoms with Gasteiger partial charge in [0.05, 0.1) is 6.04 Å². The molecule has 0 spiro atoms. The SMILES string of the molecule is Brc1nn(C2CCNC2)c2c1CNCC2. The minimum absolute atomic E-state index is 0.558. The van der Waals surface area contributed by atoms with E-state index < -0.39 is 0 Å². The molecule has 3 heterocycles. The van der Waals surface area contributed by atoms with E-state index >= 15 is 0 Å². The summed E-state index contributed by atoms with van der Waals surface area (Å²) in [6.07, 6.45) is 2.30. The van der Waals surface area contributed by atoms with Crippen molar-refractivity contribution >= 4 is 15.9 Å². The molecular formula is C10H15BrN4. The first-order chi connectivity index (χ1) is 7.36. The van der Waals surface area contributed by atoms with Gasteiger partial charge in [-0.3, -0.25) is 4.68 Å². The van der Waals surface area contributed by atoms with Crippen LogP contribution in [0.5, 0.6) is 0 Å². The minimum atomic E-state index is 0.558. The summed E-state index contributed by atoms with van der Waals surface area (Å²) in [7, 11) is 0. The van der Waals surface area contributed by atoms with Crippen LogP contribution in [-0.2, 0) is 13.0 Å². The Hall–Kier alpha value is -0.390. The number of aromatic nitrogens is 2. The van der Waals surface area contributed by atoms with Crippen LogP contribution in [0.3, 0.4) is 0 Å². The van der Waals surface area contributed by atoms with Gasteiger partial charge in [-0.25, -0.2) is 0 Å². The van der Waals surface area contributed by atoms with Crippen LogP contribution in [0.15, 0.2) is 4.60 Å². The molecule has 0 bridgehead atoms. The maximum absolute atomic E-state index is 4.63. The van der Waals surface area contributed by atoms with E-state index in [1.54, 1.807) is 0 Å². The highest BCUT2D eigenvalue weighted by molar-refractivity contribution is 9.10. The van der Waals surface area contributed by atoms with Crippen LogP contribution >= 0.6 is 15.9 Å². The number of halogens is 1. The quantitative estimate of drug-likeness (QED) is 0.795. The summed E-state index contributed by atoms with van der Waals surface area (Å²) in [4.78, 5) is 0. The fraction of sp³-hybridized carbons (Fsp3) is 0.700. The van der Waals surface area contributed by atoms with Crippen molar-refractivity contribution in [3.8, 4) is 0 Å². The Morgan fingerprint density at radius 3 is 3.07 bits per heavy atom. The highest BCUT2D eigenvalue weighted by atomic mass is 79.9. The van der Waals surface area contributed by atoms with Crippen LogP contribution in [0.25, 0.3) is 0 Å². The normalized spacial score (nSPS) is 25.5. The van der Waals surface area contributed by atoms with E-state index in [4.69, 9.17) is 0 Å². The first-order valence-electron chi connectivity index (χ1n) is 5.53. The molecule has 0 saturated carbocycles. The molecule has 4 nitrogen and oxygen atoms in total. The van der Waals surface area contributed by atoms with Gasteiger partial charge in [-0.1, -0.05) is 0 Å². The maximum atomic E-state index is 4.63. The van der Waals surface area contributed by atoms with Gasteiger partial charge in [0.25, 0.3) is 0 Å². The van der Waals surface area contributed by atoms with Crippen LogP contribution < -0.4 is 10.6 Å². The number of hydrogen-bond donors (Lipinski definition) is 2. The molecule has 2 aliphatic heterocycles. The lowest BCUT2D eigenvalue weighted by atomic mass is 10.1. The van der Waals surface area contributed by atoms with Crippen molar-refractivity contribution in [1.29, 1.82) is 0 Å². The third-order valence-corrected chi connectivity index (χ3v) is 3.93. The molecule has 1 aromatic heterocycles. The molecule has 82 valence electrons. The zero-order valence-corrected chi connectivity index (χ0v) is 10.2. The summed E-state index contributed by atoms with van der Waals surface area (Å²) < 4.78 is 3.26. The highest BCUT2D eigenvalue weighted by Gasteiger charge is 2.25. The third-order valence-electron chi connectivity index (χ3n) is 3.29. The summed E-state index contributed by atoms with van der Waals surface area (Å²) in [6, 6.07) is 0.558. The molecule has 0 radical (unpaired) electrons. The number of fused-ring (bicyclic) bond motifs is 1. The minimum Gasteiger partial charge on any atom is -0.315 e. The third kappa shape index (κ3) is 1.62. The summed E-state index contributed by atoms with van der Waals surface area (Å²) in [5.74, 6) is 0. The molecule has 1 unspecified atom stereocenters. The van der Waals surface area contributed by atoms with Gasteiger partial charge in [-0.05, 0) is 28.9 Å². The summed E-state index contributed by atoms with van der Waals surface area (Å²) in [5, 5.41) is 11.4. The van der Waals surface area contributed by atoms with Gasteiger partial charge in [0.1, 0.15) is 4.60 Å². The van der Waals surface area contributed by atoms with Gasteiger partial charge in [0, 0.05) is 37.3 Å². The topological polar surface area (TPSA) is 41.9 Å². The average molecular weight is 271 g/mol. The number of nitrogens with zero attached hydrogens (tertiary/aromatic N) is 2. The molecule has 1 aromatic rings. The maximum Gasteiger partial charge on any atom is 0.132 e. The van der Waals surface area contributed by atoms with Gasteiger partial charge in [-0.2, -0.15) is 5.10 Å². The van der Waals surface area contributed by atoms with Crippen LogP contribution in [0.1, 0.15) is 23.7 Å². The summed E-state index contributed by atoms with van der Waals surface area (Å²) in [6.45, 7) is 4.21. The van der Waals surface area contributed by atoms with Gasteiger partial charge >= 0.3 is 0 Å². The fourth-order valence-corrected chi connectivity index (χ4v) is 3.02. The first-order valence-corrected chi connectivity index (χ1v) is 6.33. The molecule has 2 N–H and O–H groups in total. The van der Waals surface area contributed by atoms with E-state index in [-0.39, 0.29) is 0 Å². The Morgan fingerprint density at radius 2 is 2.27 bits per heavy atom. The lowest BCUT2D eigenvalue weighted by molar-refractivity contribution is 0.460. The smallest absolute Gasteiger partial charge is 0.132 e. The second kappa shape index (κ2) is 3.88. The highest BCUT2D eigenvalue weighted by Crippen LogP contribution is 2.27. The van der Waals surface area contributed by atoms with E-state index in [9.17, 15) is 0 Å². The van der Waals surface area contributed by atoms with Gasteiger partial charge in [-0.15, -0.1) is 0 Å². The first kappa shape index (κ1) is 9.81. The molecule has 1 saturated heterocycles. The van der Waals surface area contributed by atoms with Crippen molar-refractivity contribution in [2.45, 2.75) is 25.4 Å². The van der Waals surface area contributed by atoms with Crippen LogP contribution in [0.4, 0.5) is 0 Å². The molecule has 0 aliphatic carbocycles. The molecule has 2 aliphatic rings. The van der Waals surface area contributed by atoms with Crippen LogP contribution in [0.2, 0.25) is 0 Å². The zero-order valence-electron chi connectivity index (χ0n) is 8.59. The van der Waals surface area contributed by atoms with E-state index in [0.717, 1.165) is 37.2 Å². The Morgan fingerprint density at radius 1 is 1.33 bits per heavy atom. The lowest BCUT2D eigenvalue weighted by Crippen LogP contribution is -2.26. The molecule has 5 heteroatoms. The van der Waals surface area contributed by atoms with Crippen molar-refractivity contribution < 1.29 is 0 Å². The second-order valence-corrected chi connectivity index (χ2v) is 4.99. The monoisotopic (exact) mass is 270 g/mol. The molecule has 1 atom stereocenters. The summed E-state index contributed by atoms with van der Waals surface area (Å²) >= 11 is 3.56. The summed E-state index contributed by atoms with van der Waals surface area (Å²) in [5.41, 5.74) is 2.78. The Labute approximate surface area is 97.5 Å². The Balaban J connectivity index is 1.99. The second-order valence-electron chi connectivity index (χ2n) is 4.23. The van der Waals surface area contributed by atoms with Crippen LogP contribution in [0, 0.1) is 0 Å². The fourth-order valence-electron chi connectivity index (χ4n) is 2.48. The predicted octanol–water partition coefficient (Wildman–Crippen LogP) is 0.826. The van der Waals surface area contributed by atoms with E-state index in [0.29, 0.717) is 6.04 Å². The standard InChI is InChI=1S/C10H15BrN4/c11-10-8-6-13-4-2-9(8)15(14-10)7-1-3-12-5-7/h7,12-13H,1-6H2. The predicted molar refractivity (Wildman–Crippen MR) is 61.9 cm³/mol. The van der Waals surface area contributed by atoms with Crippen molar-refractivity contribution in [3.63, 3.8) is 0 Å². The molecule has 15 heavy (non-hydrogen) atoms. The zero-order chi connectivity index (χ0) is 10.3. The Kier molecular flexibility index (Phi) is 2.54. The largest absolute Gasteiger partial charge is 0.315 e. The molecule has 0 amide bonds. The number of nitrogens with one attached hydrogen (secondary N) is 2. The van der Waals surface area contributed by atoms with Crippen molar-refractivity contribution in [3.05, 3.63) is 15.9 Å². The molecule has 1 fully saturated rings. The number of rotatable bonds is 1. The molecule has 3 rings (SSSR count). The average Bonchev–Trinajstić information content (AvgIpc) is 2.87. The van der Waals surface area contributed by atoms with Gasteiger partial charge in [0.15, 0.2) is 0 Å². The number of hydrogen-bond acceptors (Lipinski definition) is 3. The van der Waals surface area contributed by atoms with Gasteiger partial charge < -0.3 is 10.6 Å². The van der Waals surface area contributed by atoms with Crippen molar-refractivity contribution in [2.24, 2.45) is 0 Å². The Bertz CT molecular complexity index is 368. The van der Waals surface area contributed by atoms with Crippen molar-refractivity contribution in [1.82, 2.24) is 20.4 Å². The van der Waals surface area contributed by atoms with Crippen LogP contribution in [-0.4, -0.2) is 29.4 Å². The van der Waals surface area contributed by atoms with E-state index in [1.165, 1.54) is 17.7 Å². The van der Waals surface area contributed by atoms with E-state index in [1.807, 2.05) is 0 Å².